The van der Waals surface area contributed by atoms with Crippen molar-refractivity contribution in [2.24, 2.45) is 0 Å². The molecule has 5 rings (SSSR count). The van der Waals surface area contributed by atoms with Crippen molar-refractivity contribution in [1.29, 1.82) is 0 Å². The summed E-state index contributed by atoms with van der Waals surface area (Å²) < 4.78 is 5.86. The first-order chi connectivity index (χ1) is 14.7. The zero-order chi connectivity index (χ0) is 20.5. The Morgan fingerprint density at radius 1 is 0.933 bits per heavy atom. The number of halogens is 1. The van der Waals surface area contributed by atoms with Gasteiger partial charge in [0, 0.05) is 23.0 Å². The fraction of sp³-hybridized carbons (Fsp3) is 0.0476. The Morgan fingerprint density at radius 2 is 1.73 bits per heavy atom. The maximum absolute atomic E-state index is 6.07. The molecule has 0 unspecified atom stereocenters. The van der Waals surface area contributed by atoms with Gasteiger partial charge in [0.25, 0.3) is 5.78 Å². The van der Waals surface area contributed by atoms with Gasteiger partial charge in [-0.1, -0.05) is 29.8 Å². The van der Waals surface area contributed by atoms with Crippen LogP contribution in [-0.2, 0) is 6.67 Å². The second-order valence-corrected chi connectivity index (χ2v) is 7.37. The monoisotopic (exact) mass is 433 g/mol. The molecule has 0 bridgehead atoms. The Balaban J connectivity index is 1.63. The standard InChI is InChI=1S/C21H16ClN7S/c22-16-10-8-15(9-11-16)19-25-29-20(28(19)18-6-2-1-3-7-18)26-27(21(29)30)14-24-17-5-4-12-23-13-17/h1-13,24H,14H2. The molecule has 0 aliphatic carbocycles. The SMILES string of the molecule is S=c1n(CNc2cccnc2)nc2n(-c3ccccc3)c(-c3ccc(Cl)cc3)nn12. The molecule has 0 aliphatic heterocycles. The summed E-state index contributed by atoms with van der Waals surface area (Å²) in [6.07, 6.45) is 3.48. The number of hydrogen-bond acceptors (Lipinski definition) is 5. The van der Waals surface area contributed by atoms with Gasteiger partial charge in [0.2, 0.25) is 4.77 Å². The molecule has 1 N–H and O–H groups in total. The Bertz CT molecular complexity index is 1360. The highest BCUT2D eigenvalue weighted by atomic mass is 35.5. The maximum atomic E-state index is 6.07. The molecule has 0 radical (unpaired) electrons. The van der Waals surface area contributed by atoms with Gasteiger partial charge < -0.3 is 5.32 Å². The van der Waals surface area contributed by atoms with E-state index in [0.717, 1.165) is 22.8 Å². The quantitative estimate of drug-likeness (QED) is 0.402. The number of rotatable bonds is 5. The van der Waals surface area contributed by atoms with E-state index in [-0.39, 0.29) is 0 Å². The van der Waals surface area contributed by atoms with E-state index in [1.54, 1.807) is 21.6 Å². The van der Waals surface area contributed by atoms with Crippen LogP contribution in [0.15, 0.2) is 79.1 Å². The summed E-state index contributed by atoms with van der Waals surface area (Å²) in [5, 5.41) is 13.4. The van der Waals surface area contributed by atoms with Crippen LogP contribution in [-0.4, -0.2) is 28.9 Å². The molecule has 0 amide bonds. The Morgan fingerprint density at radius 3 is 2.47 bits per heavy atom. The van der Waals surface area contributed by atoms with Crippen molar-refractivity contribution in [2.45, 2.75) is 6.67 Å². The van der Waals surface area contributed by atoms with Crippen LogP contribution < -0.4 is 5.32 Å². The lowest BCUT2D eigenvalue weighted by molar-refractivity contribution is 0.651. The number of hydrogen-bond donors (Lipinski definition) is 1. The zero-order valence-corrected chi connectivity index (χ0v) is 17.3. The smallest absolute Gasteiger partial charge is 0.257 e. The average molecular weight is 434 g/mol. The van der Waals surface area contributed by atoms with Gasteiger partial charge >= 0.3 is 0 Å². The van der Waals surface area contributed by atoms with Crippen LogP contribution in [0.4, 0.5) is 5.69 Å². The van der Waals surface area contributed by atoms with E-state index in [4.69, 9.17) is 34.0 Å². The summed E-state index contributed by atoms with van der Waals surface area (Å²) in [7, 11) is 0. The molecule has 0 saturated carbocycles. The Kier molecular flexibility index (Phi) is 4.78. The van der Waals surface area contributed by atoms with Crippen LogP contribution in [0.5, 0.6) is 0 Å². The Hall–Kier alpha value is -3.49. The number of para-hydroxylation sites is 1. The fourth-order valence-electron chi connectivity index (χ4n) is 3.19. The minimum Gasteiger partial charge on any atom is -0.365 e. The summed E-state index contributed by atoms with van der Waals surface area (Å²) >= 11 is 11.7. The van der Waals surface area contributed by atoms with Gasteiger partial charge in [-0.25, -0.2) is 4.68 Å². The van der Waals surface area contributed by atoms with E-state index in [9.17, 15) is 0 Å². The first-order valence-electron chi connectivity index (χ1n) is 9.24. The normalized spacial score (nSPS) is 11.1. The molecule has 0 saturated heterocycles. The van der Waals surface area contributed by atoms with Crippen molar-refractivity contribution in [3.05, 3.63) is 88.9 Å². The summed E-state index contributed by atoms with van der Waals surface area (Å²) in [4.78, 5) is 4.11. The second kappa shape index (κ2) is 7.74. The average Bonchev–Trinajstić information content (AvgIpc) is 3.30. The predicted molar refractivity (Wildman–Crippen MR) is 119 cm³/mol. The third kappa shape index (κ3) is 3.36. The number of nitrogens with zero attached hydrogens (tertiary/aromatic N) is 6. The van der Waals surface area contributed by atoms with Crippen LogP contribution in [0.25, 0.3) is 22.9 Å². The molecule has 0 spiro atoms. The fourth-order valence-corrected chi connectivity index (χ4v) is 3.54. The van der Waals surface area contributed by atoms with Crippen LogP contribution in [0.3, 0.4) is 0 Å². The van der Waals surface area contributed by atoms with E-state index in [1.165, 1.54) is 0 Å². The first kappa shape index (κ1) is 18.5. The molecule has 2 aromatic carbocycles. The number of aromatic nitrogens is 6. The van der Waals surface area contributed by atoms with E-state index in [2.05, 4.69) is 10.3 Å². The third-order valence-corrected chi connectivity index (χ3v) is 5.26. The number of benzene rings is 2. The number of anilines is 1. The largest absolute Gasteiger partial charge is 0.365 e. The highest BCUT2D eigenvalue weighted by Gasteiger charge is 2.18. The van der Waals surface area contributed by atoms with Crippen LogP contribution in [0.1, 0.15) is 0 Å². The second-order valence-electron chi connectivity index (χ2n) is 6.57. The van der Waals surface area contributed by atoms with E-state index in [1.807, 2.05) is 71.3 Å². The van der Waals surface area contributed by atoms with Crippen molar-refractivity contribution in [3.63, 3.8) is 0 Å². The molecule has 30 heavy (non-hydrogen) atoms. The van der Waals surface area contributed by atoms with Gasteiger partial charge in [0.1, 0.15) is 6.67 Å². The summed E-state index contributed by atoms with van der Waals surface area (Å²) in [5.41, 5.74) is 2.75. The zero-order valence-electron chi connectivity index (χ0n) is 15.7. The van der Waals surface area contributed by atoms with E-state index < -0.39 is 0 Å². The van der Waals surface area contributed by atoms with Gasteiger partial charge in [0.15, 0.2) is 5.82 Å². The van der Waals surface area contributed by atoms with Crippen LogP contribution >= 0.6 is 23.8 Å². The number of nitrogens with one attached hydrogen (secondary N) is 1. The highest BCUT2D eigenvalue weighted by Crippen LogP contribution is 2.25. The molecule has 5 aromatic rings. The highest BCUT2D eigenvalue weighted by molar-refractivity contribution is 7.71. The number of fused-ring (bicyclic) bond motifs is 1. The topological polar surface area (TPSA) is 65.0 Å². The summed E-state index contributed by atoms with van der Waals surface area (Å²) in [6.45, 7) is 0.402. The van der Waals surface area contributed by atoms with Gasteiger partial charge in [0.05, 0.1) is 11.4 Å². The molecule has 148 valence electrons. The summed E-state index contributed by atoms with van der Waals surface area (Å²) in [5.74, 6) is 1.36. The molecule has 3 heterocycles. The molecule has 0 aliphatic rings. The van der Waals surface area contributed by atoms with Crippen molar-refractivity contribution in [1.82, 2.24) is 28.9 Å². The molecule has 9 heteroatoms. The van der Waals surface area contributed by atoms with Crippen molar-refractivity contribution in [3.8, 4) is 17.1 Å². The van der Waals surface area contributed by atoms with Crippen molar-refractivity contribution in [2.75, 3.05) is 5.32 Å². The lowest BCUT2D eigenvalue weighted by Crippen LogP contribution is -2.11. The molecular formula is C21H16ClN7S. The summed E-state index contributed by atoms with van der Waals surface area (Å²) in [6, 6.07) is 21.3. The van der Waals surface area contributed by atoms with Gasteiger partial charge in [-0.05, 0) is 60.7 Å². The molecule has 3 aromatic heterocycles. The van der Waals surface area contributed by atoms with E-state index >= 15 is 0 Å². The minimum atomic E-state index is 0.402. The molecule has 0 fully saturated rings. The van der Waals surface area contributed by atoms with Crippen molar-refractivity contribution >= 4 is 35.3 Å². The Labute approximate surface area is 182 Å². The predicted octanol–water partition coefficient (Wildman–Crippen LogP) is 4.84. The lowest BCUT2D eigenvalue weighted by atomic mass is 10.2. The lowest BCUT2D eigenvalue weighted by Gasteiger charge is -2.08. The maximum Gasteiger partial charge on any atom is 0.257 e. The van der Waals surface area contributed by atoms with Crippen molar-refractivity contribution < 1.29 is 0 Å². The van der Waals surface area contributed by atoms with Gasteiger partial charge in [-0.15, -0.1) is 10.2 Å². The molecular weight excluding hydrogens is 418 g/mol. The number of pyridine rings is 1. The van der Waals surface area contributed by atoms with Crippen LogP contribution in [0, 0.1) is 4.77 Å². The first-order valence-corrected chi connectivity index (χ1v) is 10.0. The van der Waals surface area contributed by atoms with Gasteiger partial charge in [-0.2, -0.15) is 4.52 Å². The van der Waals surface area contributed by atoms with E-state index in [0.29, 0.717) is 22.2 Å². The van der Waals surface area contributed by atoms with Gasteiger partial charge in [-0.3, -0.25) is 9.55 Å². The molecule has 7 nitrogen and oxygen atoms in total. The third-order valence-electron chi connectivity index (χ3n) is 4.62. The van der Waals surface area contributed by atoms with Crippen LogP contribution in [0.2, 0.25) is 5.02 Å². The minimum absolute atomic E-state index is 0.402. The molecule has 0 atom stereocenters.